The van der Waals surface area contributed by atoms with Crippen molar-refractivity contribution in [2.45, 2.75) is 27.2 Å². The molecule has 23 heavy (non-hydrogen) atoms. The lowest BCUT2D eigenvalue weighted by molar-refractivity contribution is 0.0993. The third-order valence-corrected chi connectivity index (χ3v) is 4.53. The van der Waals surface area contributed by atoms with Crippen molar-refractivity contribution in [3.63, 3.8) is 0 Å². The smallest absolute Gasteiger partial charge is 0.258 e. The Kier molecular flexibility index (Phi) is 3.01. The van der Waals surface area contributed by atoms with Crippen LogP contribution < -0.4 is 4.90 Å². The van der Waals surface area contributed by atoms with E-state index in [0.29, 0.717) is 0 Å². The molecule has 0 saturated heterocycles. The zero-order valence-corrected chi connectivity index (χ0v) is 13.5. The van der Waals surface area contributed by atoms with Gasteiger partial charge in [-0.05, 0) is 43.4 Å². The van der Waals surface area contributed by atoms with Crippen LogP contribution in [0.25, 0.3) is 21.9 Å². The van der Waals surface area contributed by atoms with Gasteiger partial charge in [-0.2, -0.15) is 0 Å². The average molecular weight is 306 g/mol. The van der Waals surface area contributed by atoms with Gasteiger partial charge in [-0.3, -0.25) is 4.79 Å². The highest BCUT2D eigenvalue weighted by Gasteiger charge is 2.30. The highest BCUT2D eigenvalue weighted by molar-refractivity contribution is 6.26. The second kappa shape index (κ2) is 4.95. The van der Waals surface area contributed by atoms with Gasteiger partial charge in [-0.1, -0.05) is 30.3 Å². The Morgan fingerprint density at radius 3 is 2.65 bits per heavy atom. The Balaban J connectivity index is 2.04. The van der Waals surface area contributed by atoms with Gasteiger partial charge in [-0.25, -0.2) is 0 Å². The molecule has 0 spiro atoms. The summed E-state index contributed by atoms with van der Waals surface area (Å²) in [7, 11) is 0. The van der Waals surface area contributed by atoms with Crippen LogP contribution in [0.5, 0.6) is 0 Å². The molecule has 1 aromatic heterocycles. The number of benzene rings is 2. The highest BCUT2D eigenvalue weighted by atomic mass is 16.5. The third-order valence-electron chi connectivity index (χ3n) is 4.53. The van der Waals surface area contributed by atoms with Crippen LogP contribution in [0.4, 0.5) is 5.69 Å². The molecule has 0 aliphatic carbocycles. The molecule has 0 fully saturated rings. The van der Waals surface area contributed by atoms with Crippen molar-refractivity contribution < 1.29 is 9.32 Å². The summed E-state index contributed by atoms with van der Waals surface area (Å²) < 4.78 is 5.33. The summed E-state index contributed by atoms with van der Waals surface area (Å²) in [4.78, 5) is 14.6. The maximum absolute atomic E-state index is 12.7. The van der Waals surface area contributed by atoms with Crippen LogP contribution in [0.15, 0.2) is 34.9 Å². The molecule has 1 amide bonds. The monoisotopic (exact) mass is 306 g/mol. The molecule has 0 bridgehead atoms. The normalized spacial score (nSPS) is 13.3. The second-order valence-corrected chi connectivity index (χ2v) is 6.02. The van der Waals surface area contributed by atoms with Gasteiger partial charge < -0.3 is 9.42 Å². The van der Waals surface area contributed by atoms with Crippen LogP contribution >= 0.6 is 0 Å². The second-order valence-electron chi connectivity index (χ2n) is 6.02. The number of rotatable bonds is 3. The summed E-state index contributed by atoms with van der Waals surface area (Å²) in [6, 6.07) is 10.1. The van der Waals surface area contributed by atoms with E-state index in [9.17, 15) is 4.79 Å². The van der Waals surface area contributed by atoms with Crippen molar-refractivity contribution in [3.8, 4) is 11.1 Å². The minimum Gasteiger partial charge on any atom is -0.361 e. The zero-order valence-electron chi connectivity index (χ0n) is 13.5. The van der Waals surface area contributed by atoms with Gasteiger partial charge in [-0.15, -0.1) is 0 Å². The molecule has 0 radical (unpaired) electrons. The number of aromatic nitrogens is 1. The van der Waals surface area contributed by atoms with E-state index in [0.717, 1.165) is 57.6 Å². The lowest BCUT2D eigenvalue weighted by Crippen LogP contribution is -2.27. The van der Waals surface area contributed by atoms with E-state index in [1.165, 1.54) is 0 Å². The first-order chi connectivity index (χ1) is 11.1. The van der Waals surface area contributed by atoms with Crippen LogP contribution in [0, 0.1) is 13.8 Å². The van der Waals surface area contributed by atoms with Crippen molar-refractivity contribution in [2.75, 3.05) is 11.4 Å². The summed E-state index contributed by atoms with van der Waals surface area (Å²) in [5, 5.41) is 6.20. The molecule has 2 aromatic carbocycles. The summed E-state index contributed by atoms with van der Waals surface area (Å²) in [5.74, 6) is 0.904. The van der Waals surface area contributed by atoms with Gasteiger partial charge in [0.1, 0.15) is 5.76 Å². The van der Waals surface area contributed by atoms with Crippen LogP contribution in [0.2, 0.25) is 0 Å². The molecule has 4 rings (SSSR count). The van der Waals surface area contributed by atoms with Crippen LogP contribution in [0.3, 0.4) is 0 Å². The van der Waals surface area contributed by atoms with E-state index in [1.54, 1.807) is 0 Å². The Labute approximate surface area is 134 Å². The van der Waals surface area contributed by atoms with Gasteiger partial charge >= 0.3 is 0 Å². The molecule has 1 aliphatic rings. The number of amides is 1. The van der Waals surface area contributed by atoms with E-state index in [1.807, 2.05) is 36.9 Å². The summed E-state index contributed by atoms with van der Waals surface area (Å²) in [6.07, 6.45) is 0.937. The van der Waals surface area contributed by atoms with Crippen molar-refractivity contribution in [1.82, 2.24) is 5.16 Å². The Morgan fingerprint density at radius 1 is 1.13 bits per heavy atom. The van der Waals surface area contributed by atoms with Crippen LogP contribution in [-0.4, -0.2) is 17.6 Å². The molecule has 0 unspecified atom stereocenters. The molecule has 3 aromatic rings. The van der Waals surface area contributed by atoms with E-state index in [4.69, 9.17) is 4.52 Å². The predicted molar refractivity (Wildman–Crippen MR) is 90.9 cm³/mol. The first-order valence-electron chi connectivity index (χ1n) is 7.94. The Hall–Kier alpha value is -2.62. The molecular weight excluding hydrogens is 288 g/mol. The topological polar surface area (TPSA) is 46.3 Å². The first kappa shape index (κ1) is 14.0. The van der Waals surface area contributed by atoms with E-state index in [2.05, 4.69) is 24.2 Å². The quantitative estimate of drug-likeness (QED) is 0.716. The highest BCUT2D eigenvalue weighted by Crippen LogP contribution is 2.43. The molecule has 4 nitrogen and oxygen atoms in total. The zero-order chi connectivity index (χ0) is 16.1. The average Bonchev–Trinajstić information content (AvgIpc) is 3.02. The van der Waals surface area contributed by atoms with Gasteiger partial charge in [0.05, 0.1) is 11.4 Å². The number of carbonyl (C=O) groups excluding carboxylic acids is 1. The van der Waals surface area contributed by atoms with Gasteiger partial charge in [0.25, 0.3) is 5.91 Å². The number of nitrogens with zero attached hydrogens (tertiary/aromatic N) is 2. The lowest BCUT2D eigenvalue weighted by Gasteiger charge is -2.17. The molecule has 2 heterocycles. The molecule has 4 heteroatoms. The fourth-order valence-electron chi connectivity index (χ4n) is 3.58. The summed E-state index contributed by atoms with van der Waals surface area (Å²) in [6.45, 7) is 6.70. The fraction of sp³-hybridized carbons (Fsp3) is 0.263. The van der Waals surface area contributed by atoms with Crippen molar-refractivity contribution >= 4 is 22.4 Å². The third kappa shape index (κ3) is 1.84. The Morgan fingerprint density at radius 2 is 1.96 bits per heavy atom. The maximum Gasteiger partial charge on any atom is 0.258 e. The van der Waals surface area contributed by atoms with Crippen LogP contribution in [-0.2, 0) is 0 Å². The van der Waals surface area contributed by atoms with Gasteiger partial charge in [0.15, 0.2) is 0 Å². The molecular formula is C19H18N2O2. The summed E-state index contributed by atoms with van der Waals surface area (Å²) >= 11 is 0. The number of anilines is 1. The number of aryl methyl sites for hydroxylation is 2. The minimum atomic E-state index is 0.100. The van der Waals surface area contributed by atoms with E-state index < -0.39 is 0 Å². The standard InChI is InChI=1S/C19H18N2O2/c1-4-10-21-16-9-8-14(17-11(2)20-23-12(17)3)13-6-5-7-15(18(13)16)19(21)22/h5-9H,4,10H2,1-3H3. The largest absolute Gasteiger partial charge is 0.361 e. The predicted octanol–water partition coefficient (Wildman–Crippen LogP) is 4.48. The minimum absolute atomic E-state index is 0.100. The van der Waals surface area contributed by atoms with Crippen molar-refractivity contribution in [3.05, 3.63) is 47.3 Å². The maximum atomic E-state index is 12.7. The molecule has 116 valence electrons. The number of hydrogen-bond acceptors (Lipinski definition) is 3. The van der Waals surface area contributed by atoms with Crippen molar-refractivity contribution in [1.29, 1.82) is 0 Å². The van der Waals surface area contributed by atoms with Crippen molar-refractivity contribution in [2.24, 2.45) is 0 Å². The number of carbonyl (C=O) groups is 1. The first-order valence-corrected chi connectivity index (χ1v) is 7.94. The summed E-state index contributed by atoms with van der Waals surface area (Å²) in [5.41, 5.74) is 4.78. The molecule has 1 aliphatic heterocycles. The van der Waals surface area contributed by atoms with Gasteiger partial charge in [0, 0.05) is 23.1 Å². The lowest BCUT2D eigenvalue weighted by atomic mass is 9.95. The van der Waals surface area contributed by atoms with E-state index in [-0.39, 0.29) is 5.91 Å². The molecule has 0 N–H and O–H groups in total. The SMILES string of the molecule is CCCN1C(=O)c2cccc3c(-c4c(C)noc4C)ccc1c23. The molecule has 0 atom stereocenters. The number of hydrogen-bond donors (Lipinski definition) is 0. The Bertz CT molecular complexity index is 920. The fourth-order valence-corrected chi connectivity index (χ4v) is 3.58. The molecule has 0 saturated carbocycles. The van der Waals surface area contributed by atoms with Gasteiger partial charge in [0.2, 0.25) is 0 Å². The van der Waals surface area contributed by atoms with E-state index >= 15 is 0 Å². The van der Waals surface area contributed by atoms with Crippen LogP contribution in [0.1, 0.15) is 35.2 Å².